The Kier molecular flexibility index (Phi) is 3.38. The molecule has 1 aromatic rings. The van der Waals surface area contributed by atoms with Crippen LogP contribution in [0.2, 0.25) is 0 Å². The quantitative estimate of drug-likeness (QED) is 0.682. The van der Waals surface area contributed by atoms with Crippen LogP contribution in [0, 0.1) is 0 Å². The van der Waals surface area contributed by atoms with E-state index in [1.807, 2.05) is 0 Å². The van der Waals surface area contributed by atoms with Crippen molar-refractivity contribution in [3.8, 4) is 0 Å². The molecule has 0 unspecified atom stereocenters. The van der Waals surface area contributed by atoms with E-state index in [0.717, 1.165) is 0 Å². The minimum Gasteiger partial charge on any atom is -0.251 e. The average Bonchev–Trinajstić information content (AvgIpc) is 2.57. The van der Waals surface area contributed by atoms with E-state index >= 15 is 0 Å². The van der Waals surface area contributed by atoms with Gasteiger partial charge in [0.2, 0.25) is 10.0 Å². The number of nitrogens with one attached hydrogen (secondary N) is 1. The third kappa shape index (κ3) is 3.51. The maximum Gasteiger partial charge on any atom is 0.211 e. The number of aromatic nitrogens is 3. The molecule has 0 spiro atoms. The van der Waals surface area contributed by atoms with Gasteiger partial charge in [-0.2, -0.15) is 0 Å². The average molecular weight is 204 g/mol. The van der Waals surface area contributed by atoms with Gasteiger partial charge in [-0.05, 0) is 6.92 Å². The molecule has 0 aliphatic rings. The van der Waals surface area contributed by atoms with E-state index < -0.39 is 10.0 Å². The molecule has 0 atom stereocenters. The normalized spacial score (nSPS) is 11.8. The lowest BCUT2D eigenvalue weighted by molar-refractivity contribution is 0.553. The van der Waals surface area contributed by atoms with E-state index in [9.17, 15) is 8.42 Å². The topological polar surface area (TPSA) is 76.9 Å². The Morgan fingerprint density at radius 3 is 2.85 bits per heavy atom. The largest absolute Gasteiger partial charge is 0.251 e. The summed E-state index contributed by atoms with van der Waals surface area (Å²) in [6.07, 6.45) is 3.23. The zero-order valence-electron chi connectivity index (χ0n) is 7.34. The van der Waals surface area contributed by atoms with Crippen molar-refractivity contribution in [2.45, 2.75) is 13.5 Å². The smallest absolute Gasteiger partial charge is 0.211 e. The van der Waals surface area contributed by atoms with Gasteiger partial charge >= 0.3 is 0 Å². The van der Waals surface area contributed by atoms with E-state index in [1.165, 1.54) is 0 Å². The summed E-state index contributed by atoms with van der Waals surface area (Å²) in [4.78, 5) is 0. The molecule has 13 heavy (non-hydrogen) atoms. The summed E-state index contributed by atoms with van der Waals surface area (Å²) in [5, 5.41) is 7.29. The summed E-state index contributed by atoms with van der Waals surface area (Å²) in [6, 6.07) is 0. The fourth-order valence-corrected chi connectivity index (χ4v) is 1.38. The highest BCUT2D eigenvalue weighted by atomic mass is 32.2. The number of hydrogen-bond acceptors (Lipinski definition) is 4. The Bertz CT molecular complexity index is 332. The van der Waals surface area contributed by atoms with Crippen LogP contribution in [-0.4, -0.2) is 35.7 Å². The number of nitrogens with zero attached hydrogens (tertiary/aromatic N) is 3. The molecule has 1 rings (SSSR count). The van der Waals surface area contributed by atoms with Crippen molar-refractivity contribution in [1.29, 1.82) is 0 Å². The number of hydrogen-bond donors (Lipinski definition) is 1. The van der Waals surface area contributed by atoms with Gasteiger partial charge in [-0.1, -0.05) is 5.21 Å². The van der Waals surface area contributed by atoms with Crippen molar-refractivity contribution in [1.82, 2.24) is 19.7 Å². The molecule has 1 heterocycles. The molecule has 0 fully saturated rings. The first-order valence-corrected chi connectivity index (χ1v) is 5.61. The Balaban J connectivity index is 2.30. The van der Waals surface area contributed by atoms with Gasteiger partial charge in [0.15, 0.2) is 0 Å². The monoisotopic (exact) mass is 204 g/mol. The first kappa shape index (κ1) is 10.1. The van der Waals surface area contributed by atoms with Crippen LogP contribution in [0.15, 0.2) is 12.4 Å². The molecule has 0 aliphatic heterocycles. The SMILES string of the molecule is CCS(=O)(=O)NCCn1ccnn1. The maximum atomic E-state index is 11.0. The molecule has 1 N–H and O–H groups in total. The van der Waals surface area contributed by atoms with Crippen LogP contribution in [0.5, 0.6) is 0 Å². The summed E-state index contributed by atoms with van der Waals surface area (Å²) >= 11 is 0. The summed E-state index contributed by atoms with van der Waals surface area (Å²) in [5.41, 5.74) is 0. The van der Waals surface area contributed by atoms with E-state index in [2.05, 4.69) is 15.0 Å². The van der Waals surface area contributed by atoms with Crippen molar-refractivity contribution in [3.05, 3.63) is 12.4 Å². The number of rotatable bonds is 5. The molecular weight excluding hydrogens is 192 g/mol. The lowest BCUT2D eigenvalue weighted by Crippen LogP contribution is -2.28. The second kappa shape index (κ2) is 4.33. The Morgan fingerprint density at radius 1 is 1.54 bits per heavy atom. The molecule has 0 amide bonds. The molecule has 0 bridgehead atoms. The maximum absolute atomic E-state index is 11.0. The van der Waals surface area contributed by atoms with Gasteiger partial charge in [0.05, 0.1) is 18.5 Å². The molecule has 0 aromatic carbocycles. The van der Waals surface area contributed by atoms with Crippen LogP contribution in [0.3, 0.4) is 0 Å². The highest BCUT2D eigenvalue weighted by Crippen LogP contribution is 1.83. The number of sulfonamides is 1. The van der Waals surface area contributed by atoms with Crippen LogP contribution >= 0.6 is 0 Å². The summed E-state index contributed by atoms with van der Waals surface area (Å²) < 4.78 is 25.9. The Hall–Kier alpha value is -0.950. The first-order chi connectivity index (χ1) is 6.14. The third-order valence-electron chi connectivity index (χ3n) is 1.51. The molecule has 1 aromatic heterocycles. The lowest BCUT2D eigenvalue weighted by atomic mass is 10.6. The molecule has 0 saturated carbocycles. The fraction of sp³-hybridized carbons (Fsp3) is 0.667. The molecule has 0 radical (unpaired) electrons. The minimum absolute atomic E-state index is 0.102. The van der Waals surface area contributed by atoms with E-state index in [1.54, 1.807) is 24.0 Å². The minimum atomic E-state index is -3.08. The van der Waals surface area contributed by atoms with Gasteiger partial charge < -0.3 is 0 Å². The van der Waals surface area contributed by atoms with Crippen LogP contribution < -0.4 is 4.72 Å². The van der Waals surface area contributed by atoms with E-state index in [4.69, 9.17) is 0 Å². The van der Waals surface area contributed by atoms with Crippen LogP contribution in [0.1, 0.15) is 6.92 Å². The fourth-order valence-electron chi connectivity index (χ4n) is 0.770. The second-order valence-corrected chi connectivity index (χ2v) is 4.56. The molecule has 0 aliphatic carbocycles. The predicted octanol–water partition coefficient (Wildman–Crippen LogP) is -0.783. The van der Waals surface area contributed by atoms with Gasteiger partial charge in [-0.15, -0.1) is 5.10 Å². The van der Waals surface area contributed by atoms with Crippen molar-refractivity contribution < 1.29 is 8.42 Å². The molecule has 7 heteroatoms. The van der Waals surface area contributed by atoms with Gasteiger partial charge in [-0.3, -0.25) is 4.68 Å². The summed E-state index contributed by atoms with van der Waals surface area (Å²) in [5.74, 6) is 0.102. The highest BCUT2D eigenvalue weighted by Gasteiger charge is 2.04. The van der Waals surface area contributed by atoms with Gasteiger partial charge in [0.25, 0.3) is 0 Å². The van der Waals surface area contributed by atoms with Crippen molar-refractivity contribution in [2.24, 2.45) is 0 Å². The third-order valence-corrected chi connectivity index (χ3v) is 2.92. The van der Waals surface area contributed by atoms with Gasteiger partial charge in [0.1, 0.15) is 0 Å². The predicted molar refractivity (Wildman–Crippen MR) is 47.5 cm³/mol. The molecular formula is C6H12N4O2S. The highest BCUT2D eigenvalue weighted by molar-refractivity contribution is 7.89. The lowest BCUT2D eigenvalue weighted by Gasteiger charge is -2.03. The second-order valence-electron chi connectivity index (χ2n) is 2.46. The van der Waals surface area contributed by atoms with Crippen LogP contribution in [0.4, 0.5) is 0 Å². The van der Waals surface area contributed by atoms with Crippen molar-refractivity contribution >= 4 is 10.0 Å². The Labute approximate surface area is 77.0 Å². The van der Waals surface area contributed by atoms with E-state index in [0.29, 0.717) is 13.1 Å². The van der Waals surface area contributed by atoms with Crippen molar-refractivity contribution in [3.63, 3.8) is 0 Å². The summed E-state index contributed by atoms with van der Waals surface area (Å²) in [7, 11) is -3.08. The molecule has 6 nitrogen and oxygen atoms in total. The van der Waals surface area contributed by atoms with Crippen molar-refractivity contribution in [2.75, 3.05) is 12.3 Å². The Morgan fingerprint density at radius 2 is 2.31 bits per heavy atom. The zero-order chi connectivity index (χ0) is 9.73. The summed E-state index contributed by atoms with van der Waals surface area (Å²) in [6.45, 7) is 2.44. The van der Waals surface area contributed by atoms with Gasteiger partial charge in [-0.25, -0.2) is 13.1 Å². The van der Waals surface area contributed by atoms with Crippen LogP contribution in [0.25, 0.3) is 0 Å². The van der Waals surface area contributed by atoms with Crippen LogP contribution in [-0.2, 0) is 16.6 Å². The van der Waals surface area contributed by atoms with E-state index in [-0.39, 0.29) is 5.75 Å². The van der Waals surface area contributed by atoms with Gasteiger partial charge in [0, 0.05) is 12.7 Å². The standard InChI is InChI=1S/C6H12N4O2S/c1-2-13(11,12)8-4-6-10-5-3-7-9-10/h3,5,8H,2,4,6H2,1H3. The molecule has 74 valence electrons. The molecule has 0 saturated heterocycles. The first-order valence-electron chi connectivity index (χ1n) is 3.95. The zero-order valence-corrected chi connectivity index (χ0v) is 8.16.